The number of ether oxygens (including phenoxy) is 1. The number of ketones is 1. The highest BCUT2D eigenvalue weighted by atomic mass is 16.5. The molecule has 1 atom stereocenters. The summed E-state index contributed by atoms with van der Waals surface area (Å²) in [5.41, 5.74) is 0. The summed E-state index contributed by atoms with van der Waals surface area (Å²) < 4.78 is 10.5. The van der Waals surface area contributed by atoms with E-state index in [2.05, 4.69) is 28.9 Å². The van der Waals surface area contributed by atoms with Gasteiger partial charge in [0.15, 0.2) is 5.82 Å². The topological polar surface area (TPSA) is 68.5 Å². The molecule has 1 aromatic rings. The molecule has 0 saturated carbocycles. The van der Waals surface area contributed by atoms with Gasteiger partial charge in [-0.1, -0.05) is 19.0 Å². The second-order valence-corrected chi connectivity index (χ2v) is 4.67. The maximum atomic E-state index is 11.7. The molecule has 0 radical (unpaired) electrons. The van der Waals surface area contributed by atoms with Crippen LogP contribution >= 0.6 is 0 Å². The molecule has 1 aliphatic rings. The van der Waals surface area contributed by atoms with Gasteiger partial charge < -0.3 is 14.2 Å². The molecular formula is C13H21N3O3. The Kier molecular flexibility index (Phi) is 5.04. The van der Waals surface area contributed by atoms with Crippen LogP contribution in [0.2, 0.25) is 0 Å². The summed E-state index contributed by atoms with van der Waals surface area (Å²) in [7, 11) is 0. The SMILES string of the molecule is CCN(CC)CCc1noc(C2COCCC2=O)n1. The summed E-state index contributed by atoms with van der Waals surface area (Å²) in [6, 6.07) is 0. The second-order valence-electron chi connectivity index (χ2n) is 4.67. The van der Waals surface area contributed by atoms with Crippen LogP contribution in [0.1, 0.15) is 37.9 Å². The van der Waals surface area contributed by atoms with Crippen molar-refractivity contribution in [3.8, 4) is 0 Å². The zero-order chi connectivity index (χ0) is 13.7. The summed E-state index contributed by atoms with van der Waals surface area (Å²) in [5.74, 6) is 0.827. The Morgan fingerprint density at radius 3 is 2.84 bits per heavy atom. The van der Waals surface area contributed by atoms with E-state index in [4.69, 9.17) is 9.26 Å². The fourth-order valence-electron chi connectivity index (χ4n) is 2.16. The Morgan fingerprint density at radius 2 is 2.16 bits per heavy atom. The Bertz CT molecular complexity index is 415. The molecule has 0 aliphatic carbocycles. The number of nitrogens with zero attached hydrogens (tertiary/aromatic N) is 3. The quantitative estimate of drug-likeness (QED) is 0.766. The van der Waals surface area contributed by atoms with E-state index in [1.807, 2.05) is 0 Å². The van der Waals surface area contributed by atoms with Gasteiger partial charge in [-0.3, -0.25) is 4.79 Å². The first-order valence-corrected chi connectivity index (χ1v) is 6.89. The number of hydrogen-bond acceptors (Lipinski definition) is 6. The van der Waals surface area contributed by atoms with Crippen LogP contribution in [0.4, 0.5) is 0 Å². The smallest absolute Gasteiger partial charge is 0.239 e. The van der Waals surface area contributed by atoms with Crippen molar-refractivity contribution in [1.82, 2.24) is 15.0 Å². The molecule has 1 aliphatic heterocycles. The Labute approximate surface area is 113 Å². The van der Waals surface area contributed by atoms with Gasteiger partial charge in [0, 0.05) is 19.4 Å². The van der Waals surface area contributed by atoms with Crippen molar-refractivity contribution in [2.45, 2.75) is 32.6 Å². The first-order chi connectivity index (χ1) is 9.24. The molecule has 6 heteroatoms. The molecule has 0 bridgehead atoms. The van der Waals surface area contributed by atoms with E-state index in [1.165, 1.54) is 0 Å². The van der Waals surface area contributed by atoms with Gasteiger partial charge in [-0.15, -0.1) is 0 Å². The summed E-state index contributed by atoms with van der Waals surface area (Å²) in [6.45, 7) is 8.04. The molecule has 0 aromatic carbocycles. The molecule has 2 rings (SSSR count). The lowest BCUT2D eigenvalue weighted by atomic mass is 10.0. The van der Waals surface area contributed by atoms with Crippen LogP contribution in [0.5, 0.6) is 0 Å². The first-order valence-electron chi connectivity index (χ1n) is 6.89. The predicted molar refractivity (Wildman–Crippen MR) is 69.0 cm³/mol. The number of hydrogen-bond donors (Lipinski definition) is 0. The minimum atomic E-state index is -0.372. The molecule has 0 spiro atoms. The van der Waals surface area contributed by atoms with Crippen LogP contribution < -0.4 is 0 Å². The second kappa shape index (κ2) is 6.77. The van der Waals surface area contributed by atoms with E-state index in [-0.39, 0.29) is 11.7 Å². The fourth-order valence-corrected chi connectivity index (χ4v) is 2.16. The van der Waals surface area contributed by atoms with Crippen LogP contribution in [0.3, 0.4) is 0 Å². The maximum Gasteiger partial charge on any atom is 0.239 e. The third-order valence-electron chi connectivity index (χ3n) is 3.49. The van der Waals surface area contributed by atoms with Crippen molar-refractivity contribution in [1.29, 1.82) is 0 Å². The predicted octanol–water partition coefficient (Wildman–Crippen LogP) is 1.03. The van der Waals surface area contributed by atoms with Gasteiger partial charge in [0.05, 0.1) is 13.2 Å². The summed E-state index contributed by atoms with van der Waals surface area (Å²) >= 11 is 0. The monoisotopic (exact) mass is 267 g/mol. The lowest BCUT2D eigenvalue weighted by Crippen LogP contribution is -2.26. The number of likely N-dealkylation sites (N-methyl/N-ethyl adjacent to an activating group) is 1. The van der Waals surface area contributed by atoms with Gasteiger partial charge in [0.1, 0.15) is 11.7 Å². The summed E-state index contributed by atoms with van der Waals surface area (Å²) in [4.78, 5) is 18.4. The van der Waals surface area contributed by atoms with Gasteiger partial charge in [-0.25, -0.2) is 0 Å². The van der Waals surface area contributed by atoms with Crippen molar-refractivity contribution in [2.24, 2.45) is 0 Å². The van der Waals surface area contributed by atoms with E-state index in [0.29, 0.717) is 31.3 Å². The zero-order valence-electron chi connectivity index (χ0n) is 11.6. The average molecular weight is 267 g/mol. The zero-order valence-corrected chi connectivity index (χ0v) is 11.6. The van der Waals surface area contributed by atoms with Crippen molar-refractivity contribution in [3.05, 3.63) is 11.7 Å². The summed E-state index contributed by atoms with van der Waals surface area (Å²) in [6.07, 6.45) is 1.18. The largest absolute Gasteiger partial charge is 0.380 e. The highest BCUT2D eigenvalue weighted by Crippen LogP contribution is 2.20. The third kappa shape index (κ3) is 3.61. The van der Waals surface area contributed by atoms with Gasteiger partial charge in [-0.05, 0) is 13.1 Å². The average Bonchev–Trinajstić information content (AvgIpc) is 2.89. The number of carbonyl (C=O) groups excluding carboxylic acids is 1. The number of Topliss-reactive ketones (excluding diaryl/α,β-unsaturated/α-hetero) is 1. The van der Waals surface area contributed by atoms with Gasteiger partial charge in [0.25, 0.3) is 0 Å². The standard InChI is InChI=1S/C13H21N3O3/c1-3-16(4-2)7-5-12-14-13(19-15-12)10-9-18-8-6-11(10)17/h10H,3-9H2,1-2H3. The van der Waals surface area contributed by atoms with Crippen LogP contribution in [-0.2, 0) is 16.0 Å². The molecule has 1 fully saturated rings. The minimum absolute atomic E-state index is 0.130. The van der Waals surface area contributed by atoms with Crippen LogP contribution in [0.25, 0.3) is 0 Å². The molecule has 0 N–H and O–H groups in total. The summed E-state index contributed by atoms with van der Waals surface area (Å²) in [5, 5.41) is 3.95. The Morgan fingerprint density at radius 1 is 1.37 bits per heavy atom. The molecule has 2 heterocycles. The first kappa shape index (κ1) is 14.1. The maximum absolute atomic E-state index is 11.7. The van der Waals surface area contributed by atoms with Gasteiger partial charge in [0.2, 0.25) is 5.89 Å². The lowest BCUT2D eigenvalue weighted by Gasteiger charge is -2.17. The highest BCUT2D eigenvalue weighted by molar-refractivity contribution is 5.85. The van der Waals surface area contributed by atoms with Crippen LogP contribution in [-0.4, -0.2) is 53.7 Å². The van der Waals surface area contributed by atoms with Crippen molar-refractivity contribution in [2.75, 3.05) is 32.8 Å². The van der Waals surface area contributed by atoms with Crippen molar-refractivity contribution >= 4 is 5.78 Å². The molecule has 1 saturated heterocycles. The van der Waals surface area contributed by atoms with Crippen molar-refractivity contribution in [3.63, 3.8) is 0 Å². The van der Waals surface area contributed by atoms with E-state index < -0.39 is 0 Å². The molecule has 0 amide bonds. The third-order valence-corrected chi connectivity index (χ3v) is 3.49. The van der Waals surface area contributed by atoms with Gasteiger partial charge >= 0.3 is 0 Å². The molecular weight excluding hydrogens is 246 g/mol. The number of carbonyl (C=O) groups is 1. The molecule has 1 aromatic heterocycles. The molecule has 6 nitrogen and oxygen atoms in total. The number of rotatable bonds is 6. The highest BCUT2D eigenvalue weighted by Gasteiger charge is 2.29. The lowest BCUT2D eigenvalue weighted by molar-refractivity contribution is -0.127. The molecule has 106 valence electrons. The van der Waals surface area contributed by atoms with Gasteiger partial charge in [-0.2, -0.15) is 4.98 Å². The molecule has 1 unspecified atom stereocenters. The molecule has 19 heavy (non-hydrogen) atoms. The normalized spacial score (nSPS) is 20.2. The van der Waals surface area contributed by atoms with E-state index in [1.54, 1.807) is 0 Å². The van der Waals surface area contributed by atoms with E-state index in [0.717, 1.165) is 26.1 Å². The Balaban J connectivity index is 1.93. The van der Waals surface area contributed by atoms with E-state index in [9.17, 15) is 4.79 Å². The number of aromatic nitrogens is 2. The minimum Gasteiger partial charge on any atom is -0.380 e. The van der Waals surface area contributed by atoms with Crippen LogP contribution in [0.15, 0.2) is 4.52 Å². The Hall–Kier alpha value is -1.27. The fraction of sp³-hybridized carbons (Fsp3) is 0.769. The van der Waals surface area contributed by atoms with E-state index >= 15 is 0 Å². The van der Waals surface area contributed by atoms with Crippen molar-refractivity contribution < 1.29 is 14.1 Å². The van der Waals surface area contributed by atoms with Crippen LogP contribution in [0, 0.1) is 0 Å².